The lowest BCUT2D eigenvalue weighted by Gasteiger charge is -2.44. The van der Waals surface area contributed by atoms with E-state index in [-0.39, 0.29) is 18.0 Å². The van der Waals surface area contributed by atoms with Crippen molar-refractivity contribution in [2.24, 2.45) is 0 Å². The number of nitro groups is 1. The normalized spacial score (nSPS) is 18.2. The molecule has 0 saturated carbocycles. The molecule has 37 heavy (non-hydrogen) atoms. The van der Waals surface area contributed by atoms with Gasteiger partial charge in [0.15, 0.2) is 5.72 Å². The lowest BCUT2D eigenvalue weighted by Crippen LogP contribution is -2.52. The van der Waals surface area contributed by atoms with E-state index < -0.39 is 16.1 Å². The average Bonchev–Trinajstić information content (AvgIpc) is 3.08. The van der Waals surface area contributed by atoms with Crippen molar-refractivity contribution >= 4 is 23.5 Å². The second-order valence-electron chi connectivity index (χ2n) is 9.84. The molecule has 0 radical (unpaired) electrons. The predicted molar refractivity (Wildman–Crippen MR) is 146 cm³/mol. The molecule has 2 N–H and O–H groups in total. The summed E-state index contributed by atoms with van der Waals surface area (Å²) < 4.78 is 0. The molecule has 1 unspecified atom stereocenters. The largest absolute Gasteiger partial charge is 0.508 e. The van der Waals surface area contributed by atoms with Crippen LogP contribution in [0.3, 0.4) is 0 Å². The van der Waals surface area contributed by atoms with E-state index in [4.69, 9.17) is 0 Å². The number of benzene rings is 4. The van der Waals surface area contributed by atoms with E-state index in [0.29, 0.717) is 5.56 Å². The monoisotopic (exact) mass is 492 g/mol. The highest BCUT2D eigenvalue weighted by Gasteiger charge is 2.57. The third-order valence-electron chi connectivity index (χ3n) is 7.31. The fourth-order valence-corrected chi connectivity index (χ4v) is 5.23. The van der Waals surface area contributed by atoms with Crippen molar-refractivity contribution in [2.75, 3.05) is 4.90 Å². The van der Waals surface area contributed by atoms with Crippen LogP contribution >= 0.6 is 0 Å². The maximum atomic E-state index is 12.4. The lowest BCUT2D eigenvalue weighted by atomic mass is 9.74. The molecular weight excluding hydrogens is 464 g/mol. The SMILES string of the molecule is CC1(C)c2ccccc2N(Cc2cc(/C=C/c3ccc([N+](=O)[O-])cc3)ccc2O)C1(O)c1ccccc1. The van der Waals surface area contributed by atoms with Crippen LogP contribution in [0.15, 0.2) is 97.1 Å². The first-order chi connectivity index (χ1) is 17.7. The van der Waals surface area contributed by atoms with E-state index >= 15 is 0 Å². The number of aromatic hydroxyl groups is 1. The van der Waals surface area contributed by atoms with Gasteiger partial charge in [-0.05, 0) is 47.0 Å². The average molecular weight is 493 g/mol. The van der Waals surface area contributed by atoms with E-state index in [1.54, 1.807) is 18.2 Å². The second kappa shape index (κ2) is 9.22. The Bertz CT molecular complexity index is 1480. The summed E-state index contributed by atoms with van der Waals surface area (Å²) >= 11 is 0. The zero-order chi connectivity index (χ0) is 26.2. The van der Waals surface area contributed by atoms with Crippen molar-refractivity contribution < 1.29 is 15.1 Å². The summed E-state index contributed by atoms with van der Waals surface area (Å²) in [5, 5.41) is 34.1. The van der Waals surface area contributed by atoms with Gasteiger partial charge in [0.2, 0.25) is 0 Å². The summed E-state index contributed by atoms with van der Waals surface area (Å²) in [5.41, 5.74) is 3.19. The summed E-state index contributed by atoms with van der Waals surface area (Å²) in [7, 11) is 0. The summed E-state index contributed by atoms with van der Waals surface area (Å²) in [6, 6.07) is 29.3. The molecule has 6 heteroatoms. The molecule has 0 saturated heterocycles. The number of hydrogen-bond acceptors (Lipinski definition) is 5. The predicted octanol–water partition coefficient (Wildman–Crippen LogP) is 6.61. The molecule has 1 heterocycles. The van der Waals surface area contributed by atoms with Crippen LogP contribution in [0.4, 0.5) is 11.4 Å². The number of non-ortho nitro benzene ring substituents is 1. The van der Waals surface area contributed by atoms with Gasteiger partial charge < -0.3 is 15.1 Å². The van der Waals surface area contributed by atoms with Crippen molar-refractivity contribution in [3.05, 3.63) is 135 Å². The zero-order valence-corrected chi connectivity index (χ0v) is 20.7. The summed E-state index contributed by atoms with van der Waals surface area (Å²) in [6.45, 7) is 4.38. The van der Waals surface area contributed by atoms with E-state index in [1.807, 2.05) is 97.6 Å². The third-order valence-corrected chi connectivity index (χ3v) is 7.31. The molecule has 0 amide bonds. The minimum Gasteiger partial charge on any atom is -0.508 e. The van der Waals surface area contributed by atoms with Crippen molar-refractivity contribution in [1.82, 2.24) is 0 Å². The summed E-state index contributed by atoms with van der Waals surface area (Å²) in [5.74, 6) is 0.144. The zero-order valence-electron chi connectivity index (χ0n) is 20.7. The maximum Gasteiger partial charge on any atom is 0.269 e. The van der Waals surface area contributed by atoms with Gasteiger partial charge in [-0.1, -0.05) is 80.6 Å². The fourth-order valence-electron chi connectivity index (χ4n) is 5.23. The molecule has 0 aliphatic carbocycles. The maximum absolute atomic E-state index is 12.4. The molecular formula is C31H28N2O4. The van der Waals surface area contributed by atoms with Crippen molar-refractivity contribution in [3.8, 4) is 5.75 Å². The third kappa shape index (κ3) is 4.15. The minimum absolute atomic E-state index is 0.0452. The molecule has 0 fully saturated rings. The molecule has 0 aromatic heterocycles. The van der Waals surface area contributed by atoms with Gasteiger partial charge in [0.1, 0.15) is 5.75 Å². The Morgan fingerprint density at radius 3 is 2.19 bits per heavy atom. The van der Waals surface area contributed by atoms with E-state index in [2.05, 4.69) is 0 Å². The highest BCUT2D eigenvalue weighted by molar-refractivity contribution is 5.72. The van der Waals surface area contributed by atoms with Crippen LogP contribution in [0, 0.1) is 10.1 Å². The number of phenolic OH excluding ortho intramolecular Hbond substituents is 1. The van der Waals surface area contributed by atoms with E-state index in [0.717, 1.165) is 27.9 Å². The Hall–Kier alpha value is -4.42. The van der Waals surface area contributed by atoms with Crippen LogP contribution in [-0.4, -0.2) is 15.1 Å². The first-order valence-electron chi connectivity index (χ1n) is 12.1. The molecule has 4 aromatic carbocycles. The van der Waals surface area contributed by atoms with Crippen LogP contribution in [-0.2, 0) is 17.7 Å². The molecule has 1 atom stereocenters. The molecule has 0 bridgehead atoms. The quantitative estimate of drug-likeness (QED) is 0.180. The molecule has 1 aliphatic rings. The topological polar surface area (TPSA) is 86.8 Å². The Balaban J connectivity index is 1.51. The number of para-hydroxylation sites is 1. The van der Waals surface area contributed by atoms with Gasteiger partial charge >= 0.3 is 0 Å². The first-order valence-corrected chi connectivity index (χ1v) is 12.1. The number of nitrogens with zero attached hydrogens (tertiary/aromatic N) is 2. The van der Waals surface area contributed by atoms with Gasteiger partial charge in [0.05, 0.1) is 4.92 Å². The van der Waals surface area contributed by atoms with E-state index in [1.165, 1.54) is 12.1 Å². The number of rotatable bonds is 6. The Labute approximate surface area is 215 Å². The molecule has 4 aromatic rings. The number of aliphatic hydroxyl groups is 1. The van der Waals surface area contributed by atoms with Crippen LogP contribution in [0.5, 0.6) is 5.75 Å². The van der Waals surface area contributed by atoms with Gasteiger partial charge in [-0.2, -0.15) is 0 Å². The lowest BCUT2D eigenvalue weighted by molar-refractivity contribution is -0.384. The Morgan fingerprint density at radius 2 is 1.49 bits per heavy atom. The van der Waals surface area contributed by atoms with Gasteiger partial charge in [-0.3, -0.25) is 10.1 Å². The van der Waals surface area contributed by atoms with Crippen molar-refractivity contribution in [1.29, 1.82) is 0 Å². The number of anilines is 1. The van der Waals surface area contributed by atoms with Gasteiger partial charge in [0, 0.05) is 40.9 Å². The second-order valence-corrected chi connectivity index (χ2v) is 9.84. The van der Waals surface area contributed by atoms with Crippen LogP contribution in [0.25, 0.3) is 12.2 Å². The minimum atomic E-state index is -1.34. The van der Waals surface area contributed by atoms with Crippen molar-refractivity contribution in [3.63, 3.8) is 0 Å². The molecule has 1 aliphatic heterocycles. The molecule has 6 nitrogen and oxygen atoms in total. The standard InChI is InChI=1S/C31H28N2O4/c1-30(2)27-10-6-7-11-28(27)32(31(30,35)25-8-4-3-5-9-25)21-24-20-23(16-19-29(24)34)13-12-22-14-17-26(18-15-22)33(36)37/h3-20,34-35H,21H2,1-2H3/b13-12+. The number of hydrogen-bond donors (Lipinski definition) is 2. The van der Waals surface area contributed by atoms with Crippen LogP contribution in [0.1, 0.15) is 41.7 Å². The first kappa shape index (κ1) is 24.3. The summed E-state index contributed by atoms with van der Waals surface area (Å²) in [4.78, 5) is 12.4. The Kier molecular flexibility index (Phi) is 6.05. The summed E-state index contributed by atoms with van der Waals surface area (Å²) in [6.07, 6.45) is 3.77. The number of phenols is 1. The number of fused-ring (bicyclic) bond motifs is 1. The molecule has 5 rings (SSSR count). The van der Waals surface area contributed by atoms with Crippen LogP contribution < -0.4 is 4.90 Å². The van der Waals surface area contributed by atoms with Crippen LogP contribution in [0.2, 0.25) is 0 Å². The smallest absolute Gasteiger partial charge is 0.269 e. The van der Waals surface area contributed by atoms with Gasteiger partial charge in [-0.15, -0.1) is 0 Å². The highest BCUT2D eigenvalue weighted by Crippen LogP contribution is 2.56. The van der Waals surface area contributed by atoms with E-state index in [9.17, 15) is 20.3 Å². The fraction of sp³-hybridized carbons (Fsp3) is 0.161. The van der Waals surface area contributed by atoms with Gasteiger partial charge in [-0.25, -0.2) is 0 Å². The van der Waals surface area contributed by atoms with Gasteiger partial charge in [0.25, 0.3) is 5.69 Å². The highest BCUT2D eigenvalue weighted by atomic mass is 16.6. The Morgan fingerprint density at radius 1 is 0.865 bits per heavy atom. The molecule has 0 spiro atoms. The van der Waals surface area contributed by atoms with Crippen molar-refractivity contribution in [2.45, 2.75) is 31.5 Å². The molecule has 186 valence electrons. The number of nitro benzene ring substituents is 1.